The molecule has 1 amide bonds. The Morgan fingerprint density at radius 1 is 0.750 bits per heavy atom. The lowest BCUT2D eigenvalue weighted by molar-refractivity contribution is -0.0698. The molecule has 5 aromatic rings. The number of likely N-dealkylation sites (tertiary alicyclic amines) is 1. The Morgan fingerprint density at radius 2 is 1.31 bits per heavy atom. The molecule has 0 N–H and O–H groups in total. The number of hydrogen-bond donors (Lipinski definition) is 0. The standard InChI is InChI=1S/C42H45NO5/c1-41(2,3)48-40(44)43-27-32(25-37(28-43)46-29-31-24-33-16-14-15-23-38(33)39(26-31)45-4)30-47-42(34-17-8-5-9-18-34,35-19-10-6-11-20-35)36-21-12-7-13-22-36/h5-24,26,32,37H,25,27-30H2,1-4H3. The van der Waals surface area contributed by atoms with E-state index in [0.29, 0.717) is 26.3 Å². The topological polar surface area (TPSA) is 57.2 Å². The van der Waals surface area contributed by atoms with Crippen molar-refractivity contribution in [3.63, 3.8) is 0 Å². The zero-order valence-electron chi connectivity index (χ0n) is 28.3. The van der Waals surface area contributed by atoms with Crippen molar-refractivity contribution in [1.29, 1.82) is 0 Å². The first kappa shape index (κ1) is 33.3. The van der Waals surface area contributed by atoms with Crippen molar-refractivity contribution < 1.29 is 23.7 Å². The van der Waals surface area contributed by atoms with Crippen LogP contribution in [0.1, 0.15) is 49.4 Å². The molecule has 0 radical (unpaired) electrons. The number of methoxy groups -OCH3 is 1. The SMILES string of the molecule is COc1cc(COC2CC(COC(c3ccccc3)(c3ccccc3)c3ccccc3)CN(C(=O)OC(C)(C)C)C2)cc2ccccc12. The van der Waals surface area contributed by atoms with Crippen molar-refractivity contribution in [2.24, 2.45) is 5.92 Å². The van der Waals surface area contributed by atoms with Crippen LogP contribution in [-0.2, 0) is 26.4 Å². The predicted molar refractivity (Wildman–Crippen MR) is 190 cm³/mol. The molecule has 6 rings (SSSR count). The second kappa shape index (κ2) is 14.6. The molecule has 5 aromatic carbocycles. The molecule has 1 fully saturated rings. The minimum absolute atomic E-state index is 0.00193. The zero-order chi connectivity index (χ0) is 33.6. The molecule has 6 heteroatoms. The fourth-order valence-electron chi connectivity index (χ4n) is 6.68. The summed E-state index contributed by atoms with van der Waals surface area (Å²) in [5.41, 5.74) is 2.68. The predicted octanol–water partition coefficient (Wildman–Crippen LogP) is 9.00. The lowest BCUT2D eigenvalue weighted by Gasteiger charge is -2.41. The van der Waals surface area contributed by atoms with E-state index >= 15 is 0 Å². The lowest BCUT2D eigenvalue weighted by atomic mass is 9.80. The normalized spacial score (nSPS) is 16.9. The van der Waals surface area contributed by atoms with Crippen LogP contribution < -0.4 is 4.74 Å². The third-order valence-electron chi connectivity index (χ3n) is 8.82. The van der Waals surface area contributed by atoms with E-state index in [1.54, 1.807) is 12.0 Å². The summed E-state index contributed by atoms with van der Waals surface area (Å²) in [5, 5.41) is 2.16. The van der Waals surface area contributed by atoms with Crippen LogP contribution in [0.4, 0.5) is 4.79 Å². The van der Waals surface area contributed by atoms with Gasteiger partial charge in [0.1, 0.15) is 17.0 Å². The van der Waals surface area contributed by atoms with Gasteiger partial charge in [0.05, 0.1) is 33.0 Å². The average Bonchev–Trinajstić information content (AvgIpc) is 3.11. The highest BCUT2D eigenvalue weighted by molar-refractivity contribution is 5.89. The van der Waals surface area contributed by atoms with Crippen LogP contribution in [0.5, 0.6) is 5.75 Å². The van der Waals surface area contributed by atoms with E-state index in [1.807, 2.05) is 57.2 Å². The Kier molecular flexibility index (Phi) is 10.1. The molecule has 6 nitrogen and oxygen atoms in total. The number of fused-ring (bicyclic) bond motifs is 1. The molecule has 248 valence electrons. The van der Waals surface area contributed by atoms with Crippen LogP contribution in [0.15, 0.2) is 127 Å². The molecule has 1 aliphatic heterocycles. The average molecular weight is 644 g/mol. The summed E-state index contributed by atoms with van der Waals surface area (Å²) in [6.07, 6.45) is 0.184. The van der Waals surface area contributed by atoms with Gasteiger partial charge in [-0.15, -0.1) is 0 Å². The minimum Gasteiger partial charge on any atom is -0.496 e. The van der Waals surface area contributed by atoms with Crippen LogP contribution in [0, 0.1) is 5.92 Å². The van der Waals surface area contributed by atoms with Crippen LogP contribution in [-0.4, -0.2) is 49.5 Å². The summed E-state index contributed by atoms with van der Waals surface area (Å²) in [6, 6.07) is 43.5. The molecule has 1 saturated heterocycles. The Labute approximate surface area is 284 Å². The molecule has 0 saturated carbocycles. The summed E-state index contributed by atoms with van der Waals surface area (Å²) in [6.45, 7) is 7.43. The van der Waals surface area contributed by atoms with Crippen molar-refractivity contribution in [1.82, 2.24) is 4.90 Å². The summed E-state index contributed by atoms with van der Waals surface area (Å²) in [5.74, 6) is 0.814. The number of amides is 1. The number of ether oxygens (including phenoxy) is 4. The molecule has 1 aliphatic rings. The highest BCUT2D eigenvalue weighted by Crippen LogP contribution is 2.41. The third kappa shape index (κ3) is 7.56. The number of rotatable bonds is 10. The van der Waals surface area contributed by atoms with E-state index in [2.05, 4.69) is 91.0 Å². The summed E-state index contributed by atoms with van der Waals surface area (Å²) in [4.78, 5) is 15.2. The maximum Gasteiger partial charge on any atom is 0.410 e. The fourth-order valence-corrected chi connectivity index (χ4v) is 6.68. The van der Waals surface area contributed by atoms with Gasteiger partial charge in [-0.2, -0.15) is 0 Å². The van der Waals surface area contributed by atoms with Crippen LogP contribution >= 0.6 is 0 Å². The third-order valence-corrected chi connectivity index (χ3v) is 8.82. The zero-order valence-corrected chi connectivity index (χ0v) is 28.3. The van der Waals surface area contributed by atoms with Gasteiger partial charge in [0, 0.05) is 17.8 Å². The maximum absolute atomic E-state index is 13.5. The number of hydrogen-bond acceptors (Lipinski definition) is 5. The largest absolute Gasteiger partial charge is 0.496 e. The van der Waals surface area contributed by atoms with E-state index in [9.17, 15) is 4.79 Å². The molecule has 1 heterocycles. The van der Waals surface area contributed by atoms with Gasteiger partial charge in [0.25, 0.3) is 0 Å². The second-order valence-corrected chi connectivity index (χ2v) is 13.5. The Hall–Kier alpha value is -4.65. The van der Waals surface area contributed by atoms with Crippen molar-refractivity contribution in [3.8, 4) is 5.75 Å². The van der Waals surface area contributed by atoms with Gasteiger partial charge < -0.3 is 23.8 Å². The number of carbonyl (C=O) groups excluding carboxylic acids is 1. The first-order valence-corrected chi connectivity index (χ1v) is 16.7. The van der Waals surface area contributed by atoms with Crippen molar-refractivity contribution in [3.05, 3.63) is 150 Å². The molecule has 0 aliphatic carbocycles. The highest BCUT2D eigenvalue weighted by atomic mass is 16.6. The smallest absolute Gasteiger partial charge is 0.410 e. The van der Waals surface area contributed by atoms with Gasteiger partial charge in [-0.3, -0.25) is 0 Å². The molecule has 2 atom stereocenters. The van der Waals surface area contributed by atoms with E-state index in [1.165, 1.54) is 0 Å². The summed E-state index contributed by atoms with van der Waals surface area (Å²) >= 11 is 0. The Bertz CT molecular complexity index is 1690. The Morgan fingerprint density at radius 3 is 1.88 bits per heavy atom. The lowest BCUT2D eigenvalue weighted by Crippen LogP contribution is -2.50. The first-order valence-electron chi connectivity index (χ1n) is 16.7. The molecular formula is C42H45NO5. The Balaban J connectivity index is 1.29. The molecule has 0 bridgehead atoms. The van der Waals surface area contributed by atoms with Gasteiger partial charge in [0.15, 0.2) is 0 Å². The highest BCUT2D eigenvalue weighted by Gasteiger charge is 2.40. The molecule has 48 heavy (non-hydrogen) atoms. The van der Waals surface area contributed by atoms with Gasteiger partial charge in [-0.05, 0) is 67.0 Å². The number of benzene rings is 5. The maximum atomic E-state index is 13.5. The van der Waals surface area contributed by atoms with Crippen LogP contribution in [0.3, 0.4) is 0 Å². The van der Waals surface area contributed by atoms with Crippen molar-refractivity contribution in [2.75, 3.05) is 26.8 Å². The first-order chi connectivity index (χ1) is 23.2. The molecule has 2 unspecified atom stereocenters. The summed E-state index contributed by atoms with van der Waals surface area (Å²) < 4.78 is 25.3. The summed E-state index contributed by atoms with van der Waals surface area (Å²) in [7, 11) is 1.69. The number of carbonyl (C=O) groups is 1. The van der Waals surface area contributed by atoms with Crippen LogP contribution in [0.25, 0.3) is 10.8 Å². The van der Waals surface area contributed by atoms with E-state index in [-0.39, 0.29) is 18.1 Å². The molecular weight excluding hydrogens is 598 g/mol. The van der Waals surface area contributed by atoms with E-state index in [0.717, 1.165) is 45.2 Å². The number of nitrogens with zero attached hydrogens (tertiary/aromatic N) is 1. The van der Waals surface area contributed by atoms with E-state index < -0.39 is 11.2 Å². The second-order valence-electron chi connectivity index (χ2n) is 13.5. The van der Waals surface area contributed by atoms with Gasteiger partial charge in [0.2, 0.25) is 0 Å². The quantitative estimate of drug-likeness (QED) is 0.142. The van der Waals surface area contributed by atoms with Crippen LogP contribution in [0.2, 0.25) is 0 Å². The minimum atomic E-state index is -0.851. The molecule has 0 spiro atoms. The fraction of sp³-hybridized carbons (Fsp3) is 0.310. The van der Waals surface area contributed by atoms with Gasteiger partial charge in [-0.1, -0.05) is 115 Å². The monoisotopic (exact) mass is 643 g/mol. The van der Waals surface area contributed by atoms with Crippen molar-refractivity contribution >= 4 is 16.9 Å². The number of piperidine rings is 1. The van der Waals surface area contributed by atoms with Crippen molar-refractivity contribution in [2.45, 2.75) is 51.1 Å². The molecule has 0 aromatic heterocycles. The van der Waals surface area contributed by atoms with Gasteiger partial charge >= 0.3 is 6.09 Å². The van der Waals surface area contributed by atoms with Gasteiger partial charge in [-0.25, -0.2) is 4.79 Å². The van der Waals surface area contributed by atoms with E-state index in [4.69, 9.17) is 18.9 Å².